The third-order valence-corrected chi connectivity index (χ3v) is 5.80. The minimum absolute atomic E-state index is 0.117. The molecule has 1 aromatic rings. The van der Waals surface area contributed by atoms with Crippen molar-refractivity contribution >= 4 is 39.5 Å². The van der Waals surface area contributed by atoms with Crippen LogP contribution < -0.4 is 5.32 Å². The van der Waals surface area contributed by atoms with Crippen molar-refractivity contribution in [2.24, 2.45) is 5.41 Å². The Balaban J connectivity index is 2.03. The van der Waals surface area contributed by atoms with E-state index in [1.165, 1.54) is 0 Å². The molecule has 20 heavy (non-hydrogen) atoms. The van der Waals surface area contributed by atoms with E-state index in [4.69, 9.17) is 0 Å². The van der Waals surface area contributed by atoms with Gasteiger partial charge in [-0.25, -0.2) is 0 Å². The quantitative estimate of drug-likeness (QED) is 0.789. The second-order valence-corrected chi connectivity index (χ2v) is 7.69. The number of rotatable bonds is 1. The highest BCUT2D eigenvalue weighted by Crippen LogP contribution is 2.50. The van der Waals surface area contributed by atoms with Crippen LogP contribution in [0.15, 0.2) is 28.7 Å². The lowest BCUT2D eigenvalue weighted by atomic mass is 9.64. The van der Waals surface area contributed by atoms with Gasteiger partial charge in [-0.05, 0) is 47.5 Å². The van der Waals surface area contributed by atoms with Crippen LogP contribution in [0, 0.1) is 5.41 Å². The van der Waals surface area contributed by atoms with Gasteiger partial charge in [0.05, 0.1) is 5.92 Å². The van der Waals surface area contributed by atoms with Gasteiger partial charge in [0.25, 0.3) is 0 Å². The molecule has 2 heterocycles. The van der Waals surface area contributed by atoms with Crippen LogP contribution in [0.3, 0.4) is 0 Å². The number of piperidine rings is 1. The lowest BCUT2D eigenvalue weighted by Crippen LogP contribution is -2.52. The maximum absolute atomic E-state index is 12.4. The van der Waals surface area contributed by atoms with Gasteiger partial charge in [0.15, 0.2) is 0 Å². The molecule has 2 amide bonds. The highest BCUT2D eigenvalue weighted by molar-refractivity contribution is 9.10. The van der Waals surface area contributed by atoms with E-state index < -0.39 is 0 Å². The zero-order valence-corrected chi connectivity index (χ0v) is 13.4. The van der Waals surface area contributed by atoms with Crippen LogP contribution in [0.4, 0.5) is 0 Å². The molecule has 5 heteroatoms. The topological polar surface area (TPSA) is 46.2 Å². The molecule has 3 nitrogen and oxygen atoms in total. The van der Waals surface area contributed by atoms with Gasteiger partial charge in [0.2, 0.25) is 11.8 Å². The van der Waals surface area contributed by atoms with E-state index in [2.05, 4.69) is 21.2 Å². The van der Waals surface area contributed by atoms with Gasteiger partial charge in [-0.2, -0.15) is 11.8 Å². The van der Waals surface area contributed by atoms with Crippen molar-refractivity contribution in [2.45, 2.75) is 25.2 Å². The summed E-state index contributed by atoms with van der Waals surface area (Å²) in [6, 6.07) is 7.91. The van der Waals surface area contributed by atoms with Crippen LogP contribution in [0.1, 0.15) is 30.7 Å². The van der Waals surface area contributed by atoms with Crippen LogP contribution in [0.2, 0.25) is 0 Å². The first-order valence-electron chi connectivity index (χ1n) is 6.78. The van der Waals surface area contributed by atoms with E-state index in [-0.39, 0.29) is 23.1 Å². The first-order chi connectivity index (χ1) is 9.61. The number of carbonyl (C=O) groups is 2. The van der Waals surface area contributed by atoms with Crippen molar-refractivity contribution in [1.29, 1.82) is 0 Å². The number of thioether (sulfide) groups is 1. The van der Waals surface area contributed by atoms with Gasteiger partial charge in [-0.3, -0.25) is 14.9 Å². The molecule has 0 bridgehead atoms. The zero-order chi connectivity index (χ0) is 14.2. The Morgan fingerprint density at radius 3 is 2.70 bits per heavy atom. The number of hydrogen-bond donors (Lipinski definition) is 1. The smallest absolute Gasteiger partial charge is 0.234 e. The van der Waals surface area contributed by atoms with Crippen LogP contribution in [-0.4, -0.2) is 23.3 Å². The van der Waals surface area contributed by atoms with Crippen LogP contribution in [-0.2, 0) is 9.59 Å². The first-order valence-corrected chi connectivity index (χ1v) is 8.72. The zero-order valence-electron chi connectivity index (χ0n) is 11.0. The van der Waals surface area contributed by atoms with E-state index in [1.807, 2.05) is 36.0 Å². The molecule has 106 valence electrons. The highest BCUT2D eigenvalue weighted by atomic mass is 79.9. The number of hydrogen-bond acceptors (Lipinski definition) is 3. The number of halogens is 1. The van der Waals surface area contributed by atoms with Crippen LogP contribution in [0.5, 0.6) is 0 Å². The third-order valence-electron chi connectivity index (χ3n) is 4.32. The fourth-order valence-corrected chi connectivity index (χ4v) is 5.11. The lowest BCUT2D eigenvalue weighted by molar-refractivity contribution is -0.140. The summed E-state index contributed by atoms with van der Waals surface area (Å²) in [5, 5.41) is 2.52. The number of carbonyl (C=O) groups excluding carboxylic acids is 2. The summed E-state index contributed by atoms with van der Waals surface area (Å²) >= 11 is 5.38. The van der Waals surface area contributed by atoms with Gasteiger partial charge in [0.1, 0.15) is 0 Å². The second-order valence-electron chi connectivity index (χ2n) is 5.55. The Bertz CT molecular complexity index is 555. The maximum Gasteiger partial charge on any atom is 0.234 e. The van der Waals surface area contributed by atoms with Crippen molar-refractivity contribution in [3.8, 4) is 0 Å². The van der Waals surface area contributed by atoms with E-state index in [9.17, 15) is 9.59 Å². The van der Waals surface area contributed by atoms with E-state index in [0.29, 0.717) is 6.42 Å². The molecular formula is C15H16BrNO2S. The summed E-state index contributed by atoms with van der Waals surface area (Å²) in [7, 11) is 0. The summed E-state index contributed by atoms with van der Waals surface area (Å²) in [6.45, 7) is 0. The largest absolute Gasteiger partial charge is 0.296 e. The summed E-state index contributed by atoms with van der Waals surface area (Å²) < 4.78 is 0.972. The van der Waals surface area contributed by atoms with Crippen LogP contribution >= 0.6 is 27.7 Å². The number of nitrogens with one attached hydrogen (secondary N) is 1. The Kier molecular flexibility index (Phi) is 3.91. The predicted octanol–water partition coefficient (Wildman–Crippen LogP) is 3.09. The van der Waals surface area contributed by atoms with E-state index in [1.54, 1.807) is 0 Å². The molecule has 1 unspecified atom stereocenters. The Hall–Kier alpha value is -0.810. The first kappa shape index (κ1) is 14.1. The van der Waals surface area contributed by atoms with Gasteiger partial charge in [0, 0.05) is 10.9 Å². The van der Waals surface area contributed by atoms with Crippen molar-refractivity contribution in [3.05, 3.63) is 34.3 Å². The fraction of sp³-hybridized carbons (Fsp3) is 0.467. The molecule has 2 aliphatic rings. The second kappa shape index (κ2) is 5.53. The van der Waals surface area contributed by atoms with Gasteiger partial charge < -0.3 is 0 Å². The van der Waals surface area contributed by atoms with Gasteiger partial charge in [-0.1, -0.05) is 28.1 Å². The van der Waals surface area contributed by atoms with Gasteiger partial charge in [-0.15, -0.1) is 0 Å². The molecule has 2 saturated heterocycles. The standard InChI is InChI=1S/C15H16BrNO2S/c16-11-3-1-2-10(8-11)13-14(19)17-12(18)9-15(13)4-6-20-7-5-15/h1-3,8,13H,4-7,9H2,(H,17,18,19). The minimum atomic E-state index is -0.210. The molecule has 0 saturated carbocycles. The van der Waals surface area contributed by atoms with Crippen molar-refractivity contribution < 1.29 is 9.59 Å². The molecule has 0 aliphatic carbocycles. The predicted molar refractivity (Wildman–Crippen MR) is 83.6 cm³/mol. The van der Waals surface area contributed by atoms with Crippen molar-refractivity contribution in [2.75, 3.05) is 11.5 Å². The Labute approximate surface area is 131 Å². The summed E-state index contributed by atoms with van der Waals surface area (Å²) in [6.07, 6.45) is 2.35. The molecular weight excluding hydrogens is 338 g/mol. The third kappa shape index (κ3) is 2.53. The number of imide groups is 1. The maximum atomic E-state index is 12.4. The minimum Gasteiger partial charge on any atom is -0.296 e. The fourth-order valence-electron chi connectivity index (χ4n) is 3.39. The number of amides is 2. The highest BCUT2D eigenvalue weighted by Gasteiger charge is 2.49. The van der Waals surface area contributed by atoms with Crippen molar-refractivity contribution in [3.63, 3.8) is 0 Å². The molecule has 0 radical (unpaired) electrons. The Morgan fingerprint density at radius 2 is 2.00 bits per heavy atom. The molecule has 2 fully saturated rings. The number of benzene rings is 1. The van der Waals surface area contributed by atoms with Crippen molar-refractivity contribution in [1.82, 2.24) is 5.32 Å². The summed E-state index contributed by atoms with van der Waals surface area (Å²) in [4.78, 5) is 24.3. The molecule has 3 rings (SSSR count). The molecule has 2 aliphatic heterocycles. The average Bonchev–Trinajstić information content (AvgIpc) is 2.38. The molecule has 1 atom stereocenters. The monoisotopic (exact) mass is 353 g/mol. The molecule has 1 spiro atoms. The average molecular weight is 354 g/mol. The summed E-state index contributed by atoms with van der Waals surface area (Å²) in [5.74, 6) is 1.61. The van der Waals surface area contributed by atoms with E-state index in [0.717, 1.165) is 34.4 Å². The molecule has 0 aromatic heterocycles. The molecule has 1 aromatic carbocycles. The Morgan fingerprint density at radius 1 is 1.25 bits per heavy atom. The lowest BCUT2D eigenvalue weighted by Gasteiger charge is -2.45. The van der Waals surface area contributed by atoms with Gasteiger partial charge >= 0.3 is 0 Å². The van der Waals surface area contributed by atoms with Crippen LogP contribution in [0.25, 0.3) is 0 Å². The SMILES string of the molecule is O=C1CC2(CCSCC2)C(c2cccc(Br)c2)C(=O)N1. The van der Waals surface area contributed by atoms with E-state index >= 15 is 0 Å². The normalized spacial score (nSPS) is 25.6. The summed E-state index contributed by atoms with van der Waals surface area (Å²) in [5.41, 5.74) is 0.821. The molecule has 1 N–H and O–H groups in total.